The van der Waals surface area contributed by atoms with Crippen LogP contribution in [-0.2, 0) is 19.1 Å². The van der Waals surface area contributed by atoms with Crippen molar-refractivity contribution in [1.29, 1.82) is 0 Å². The molecule has 0 saturated carbocycles. The predicted octanol–water partition coefficient (Wildman–Crippen LogP) is 2.47. The first kappa shape index (κ1) is 24.2. The summed E-state index contributed by atoms with van der Waals surface area (Å²) in [6, 6.07) is -1.35. The molecule has 0 radical (unpaired) electrons. The van der Waals surface area contributed by atoms with Crippen molar-refractivity contribution in [2.45, 2.75) is 91.1 Å². The van der Waals surface area contributed by atoms with E-state index >= 15 is 0 Å². The predicted molar refractivity (Wildman–Crippen MR) is 95.7 cm³/mol. The molecule has 4 atom stereocenters. The maximum atomic E-state index is 12.4. The van der Waals surface area contributed by atoms with Crippen molar-refractivity contribution in [3.05, 3.63) is 0 Å². The number of hydrogen-bond donors (Lipinski definition) is 3. The van der Waals surface area contributed by atoms with Crippen LogP contribution >= 0.6 is 0 Å². The minimum atomic E-state index is -1.35. The highest BCUT2D eigenvalue weighted by molar-refractivity contribution is 5.82. The van der Waals surface area contributed by atoms with Gasteiger partial charge in [-0.1, -0.05) is 26.7 Å². The molecule has 0 bridgehead atoms. The second kappa shape index (κ2) is 11.0. The highest BCUT2D eigenvalue weighted by Gasteiger charge is 2.33. The number of alkyl carbamates (subject to hydrolysis) is 1. The van der Waals surface area contributed by atoms with Crippen LogP contribution in [0.15, 0.2) is 0 Å². The number of carboxylic acids is 1. The topological polar surface area (TPSA) is 122 Å². The second-order valence-corrected chi connectivity index (χ2v) is 7.56. The number of carbonyl (C=O) groups is 3. The quantitative estimate of drug-likeness (QED) is 0.501. The fraction of sp³-hybridized carbons (Fsp3) is 0.833. The lowest BCUT2D eigenvalue weighted by molar-refractivity contribution is -0.160. The summed E-state index contributed by atoms with van der Waals surface area (Å²) in [5.74, 6) is -2.13. The number of nitrogens with one attached hydrogen (secondary N) is 1. The summed E-state index contributed by atoms with van der Waals surface area (Å²) < 4.78 is 10.4. The van der Waals surface area contributed by atoms with Crippen LogP contribution in [0.25, 0.3) is 0 Å². The Morgan fingerprint density at radius 3 is 2.15 bits per heavy atom. The molecule has 0 aliphatic carbocycles. The molecule has 0 rings (SSSR count). The lowest BCUT2D eigenvalue weighted by Gasteiger charge is -2.27. The van der Waals surface area contributed by atoms with Crippen molar-refractivity contribution in [1.82, 2.24) is 5.32 Å². The van der Waals surface area contributed by atoms with Crippen LogP contribution in [0.5, 0.6) is 0 Å². The molecule has 0 aromatic heterocycles. The molecule has 0 fully saturated rings. The van der Waals surface area contributed by atoms with Gasteiger partial charge in [0.05, 0.1) is 12.5 Å². The number of carboxylic acid groups (broad SMARTS) is 1. The number of unbranched alkanes of at least 4 members (excludes halogenated alkanes) is 1. The summed E-state index contributed by atoms with van der Waals surface area (Å²) in [6.07, 6.45) is -0.746. The van der Waals surface area contributed by atoms with Gasteiger partial charge in [-0.3, -0.25) is 4.79 Å². The van der Waals surface area contributed by atoms with E-state index in [0.717, 1.165) is 12.8 Å². The van der Waals surface area contributed by atoms with E-state index in [1.165, 1.54) is 6.92 Å². The Hall–Kier alpha value is -1.83. The molecule has 8 heteroatoms. The number of aliphatic hydroxyl groups excluding tert-OH is 1. The lowest BCUT2D eigenvalue weighted by Crippen LogP contribution is -2.51. The summed E-state index contributed by atoms with van der Waals surface area (Å²) >= 11 is 0. The third-order valence-corrected chi connectivity index (χ3v) is 3.70. The maximum absolute atomic E-state index is 12.4. The smallest absolute Gasteiger partial charge is 0.408 e. The van der Waals surface area contributed by atoms with Gasteiger partial charge in [-0.15, -0.1) is 0 Å². The van der Waals surface area contributed by atoms with E-state index in [9.17, 15) is 19.5 Å². The summed E-state index contributed by atoms with van der Waals surface area (Å²) in [4.78, 5) is 35.4. The number of esters is 1. The molecule has 0 spiro atoms. The Bertz CT molecular complexity index is 471. The molecule has 0 aliphatic rings. The van der Waals surface area contributed by atoms with Gasteiger partial charge in [0, 0.05) is 0 Å². The Balaban J connectivity index is 5.06. The zero-order valence-corrected chi connectivity index (χ0v) is 16.6. The SMILES string of the molecule is CCCC[C@H](C)[C@H](CC(=O)O)OC(=O)[C@@H](NC(=O)OC(C)(C)C)[C@@H](C)O. The van der Waals surface area contributed by atoms with Crippen LogP contribution in [0.1, 0.15) is 67.2 Å². The summed E-state index contributed by atoms with van der Waals surface area (Å²) in [6.45, 7) is 10.2. The summed E-state index contributed by atoms with van der Waals surface area (Å²) in [7, 11) is 0. The minimum Gasteiger partial charge on any atom is -0.481 e. The first-order valence-corrected chi connectivity index (χ1v) is 8.97. The molecule has 8 nitrogen and oxygen atoms in total. The monoisotopic (exact) mass is 375 g/mol. The van der Waals surface area contributed by atoms with Gasteiger partial charge in [0.2, 0.25) is 0 Å². The van der Waals surface area contributed by atoms with E-state index in [-0.39, 0.29) is 12.3 Å². The third-order valence-electron chi connectivity index (χ3n) is 3.70. The van der Waals surface area contributed by atoms with Crippen LogP contribution in [0, 0.1) is 5.92 Å². The van der Waals surface area contributed by atoms with E-state index in [0.29, 0.717) is 6.42 Å². The van der Waals surface area contributed by atoms with Crippen molar-refractivity contribution in [3.8, 4) is 0 Å². The Morgan fingerprint density at radius 2 is 1.73 bits per heavy atom. The van der Waals surface area contributed by atoms with E-state index in [4.69, 9.17) is 14.6 Å². The van der Waals surface area contributed by atoms with Crippen molar-refractivity contribution in [2.75, 3.05) is 0 Å². The van der Waals surface area contributed by atoms with E-state index in [1.807, 2.05) is 13.8 Å². The van der Waals surface area contributed by atoms with E-state index < -0.39 is 41.9 Å². The first-order chi connectivity index (χ1) is 11.9. The molecule has 152 valence electrons. The second-order valence-electron chi connectivity index (χ2n) is 7.56. The number of carbonyl (C=O) groups excluding carboxylic acids is 2. The van der Waals surface area contributed by atoms with E-state index in [2.05, 4.69) is 5.32 Å². The van der Waals surface area contributed by atoms with Gasteiger partial charge in [-0.25, -0.2) is 9.59 Å². The van der Waals surface area contributed by atoms with Gasteiger partial charge in [0.15, 0.2) is 6.04 Å². The van der Waals surface area contributed by atoms with Crippen LogP contribution in [-0.4, -0.2) is 52.1 Å². The number of aliphatic hydroxyl groups is 1. The van der Waals surface area contributed by atoms with Crippen LogP contribution in [0.3, 0.4) is 0 Å². The Labute approximate surface area is 155 Å². The molecule has 0 aliphatic heterocycles. The third kappa shape index (κ3) is 10.2. The molecule has 1 amide bonds. The molecule has 0 saturated heterocycles. The fourth-order valence-electron chi connectivity index (χ4n) is 2.28. The number of hydrogen-bond acceptors (Lipinski definition) is 6. The number of aliphatic carboxylic acids is 1. The van der Waals surface area contributed by atoms with Crippen LogP contribution in [0.4, 0.5) is 4.79 Å². The minimum absolute atomic E-state index is 0.161. The van der Waals surface area contributed by atoms with Crippen molar-refractivity contribution in [3.63, 3.8) is 0 Å². The molecule has 3 N–H and O–H groups in total. The molecule has 0 aromatic carbocycles. The van der Waals surface area contributed by atoms with E-state index in [1.54, 1.807) is 20.8 Å². The van der Waals surface area contributed by atoms with Gasteiger partial charge in [-0.05, 0) is 40.0 Å². The average molecular weight is 375 g/mol. The van der Waals surface area contributed by atoms with Gasteiger partial charge in [-0.2, -0.15) is 0 Å². The average Bonchev–Trinajstić information content (AvgIpc) is 2.46. The first-order valence-electron chi connectivity index (χ1n) is 8.97. The Kier molecular flexibility index (Phi) is 10.2. The highest BCUT2D eigenvalue weighted by atomic mass is 16.6. The molecule has 0 heterocycles. The van der Waals surface area contributed by atoms with Crippen LogP contribution in [0.2, 0.25) is 0 Å². The standard InChI is InChI=1S/C18H33NO7/c1-7-8-9-11(2)13(10-14(21)22)25-16(23)15(12(3)20)19-17(24)26-18(4,5)6/h11-13,15,20H,7-10H2,1-6H3,(H,19,24)(H,21,22)/t11-,12+,13-,15-/m0/s1. The zero-order valence-electron chi connectivity index (χ0n) is 16.6. The Morgan fingerprint density at radius 1 is 1.15 bits per heavy atom. The summed E-state index contributed by atoms with van der Waals surface area (Å²) in [5.41, 5.74) is -0.766. The van der Waals surface area contributed by atoms with Gasteiger partial charge < -0.3 is 25.0 Å². The molecule has 26 heavy (non-hydrogen) atoms. The van der Waals surface area contributed by atoms with Crippen molar-refractivity contribution >= 4 is 18.0 Å². The van der Waals surface area contributed by atoms with Crippen LogP contribution < -0.4 is 5.32 Å². The van der Waals surface area contributed by atoms with Gasteiger partial charge >= 0.3 is 18.0 Å². The van der Waals surface area contributed by atoms with Gasteiger partial charge in [0.25, 0.3) is 0 Å². The maximum Gasteiger partial charge on any atom is 0.408 e. The molecule has 0 aromatic rings. The summed E-state index contributed by atoms with van der Waals surface area (Å²) in [5, 5.41) is 21.2. The lowest BCUT2D eigenvalue weighted by atomic mass is 9.95. The highest BCUT2D eigenvalue weighted by Crippen LogP contribution is 2.19. The van der Waals surface area contributed by atoms with Gasteiger partial charge in [0.1, 0.15) is 11.7 Å². The number of rotatable bonds is 10. The molecular weight excluding hydrogens is 342 g/mol. The van der Waals surface area contributed by atoms with Crippen molar-refractivity contribution < 1.29 is 34.1 Å². The fourth-order valence-corrected chi connectivity index (χ4v) is 2.28. The molecular formula is C18H33NO7. The zero-order chi connectivity index (χ0) is 20.5. The largest absolute Gasteiger partial charge is 0.481 e. The molecule has 0 unspecified atom stereocenters. The normalized spacial score (nSPS) is 16.1. The number of ether oxygens (including phenoxy) is 2. The van der Waals surface area contributed by atoms with Crippen molar-refractivity contribution in [2.24, 2.45) is 5.92 Å². The number of amides is 1.